The zero-order valence-corrected chi connectivity index (χ0v) is 23.6. The molecule has 6 heterocycles. The van der Waals surface area contributed by atoms with E-state index in [2.05, 4.69) is 35.6 Å². The summed E-state index contributed by atoms with van der Waals surface area (Å²) < 4.78 is 16.0. The Morgan fingerprint density at radius 1 is 0.978 bits per heavy atom. The fraction of sp³-hybridized carbons (Fsp3) is 0.161. The van der Waals surface area contributed by atoms with Gasteiger partial charge in [0.2, 0.25) is 11.8 Å². The van der Waals surface area contributed by atoms with Crippen LogP contribution in [0.1, 0.15) is 16.9 Å². The summed E-state index contributed by atoms with van der Waals surface area (Å²) in [5.74, 6) is -1.85. The van der Waals surface area contributed by atoms with Crippen LogP contribution in [0.4, 0.5) is 10.1 Å². The van der Waals surface area contributed by atoms with Crippen molar-refractivity contribution in [2.45, 2.75) is 25.2 Å². The third kappa shape index (κ3) is 5.22. The fourth-order valence-corrected chi connectivity index (χ4v) is 5.73. The van der Waals surface area contributed by atoms with Gasteiger partial charge in [-0.2, -0.15) is 15.3 Å². The average Bonchev–Trinajstić information content (AvgIpc) is 3.78. The highest BCUT2D eigenvalue weighted by atomic mass is 19.1. The Morgan fingerprint density at radius 3 is 2.69 bits per heavy atom. The van der Waals surface area contributed by atoms with Crippen molar-refractivity contribution in [1.29, 1.82) is 0 Å². The molecule has 6 aromatic rings. The van der Waals surface area contributed by atoms with Crippen molar-refractivity contribution >= 4 is 45.2 Å². The monoisotopic (exact) mass is 604 g/mol. The van der Waals surface area contributed by atoms with Gasteiger partial charge < -0.3 is 20.9 Å². The lowest BCUT2D eigenvalue weighted by Crippen LogP contribution is -2.44. The van der Waals surface area contributed by atoms with E-state index < -0.39 is 29.9 Å². The first-order chi connectivity index (χ1) is 21.9. The van der Waals surface area contributed by atoms with Crippen molar-refractivity contribution in [3.05, 3.63) is 85.3 Å². The van der Waals surface area contributed by atoms with Gasteiger partial charge in [0.15, 0.2) is 5.69 Å². The summed E-state index contributed by atoms with van der Waals surface area (Å²) in [7, 11) is 0. The first-order valence-corrected chi connectivity index (χ1v) is 14.0. The zero-order valence-electron chi connectivity index (χ0n) is 23.6. The fourth-order valence-electron chi connectivity index (χ4n) is 5.73. The number of hydrogen-bond donors (Lipinski definition) is 3. The Balaban J connectivity index is 1.12. The molecule has 45 heavy (non-hydrogen) atoms. The number of fused-ring (bicyclic) bond motifs is 2. The number of hydrogen-bond acceptors (Lipinski definition) is 8. The molecular weight excluding hydrogens is 579 g/mol. The Bertz CT molecular complexity index is 2090. The number of carbonyl (C=O) groups excluding carboxylic acids is 3. The molecule has 0 bridgehead atoms. The second kappa shape index (κ2) is 11.2. The molecular formula is C31H25FN10O3. The van der Waals surface area contributed by atoms with E-state index in [9.17, 15) is 18.8 Å². The highest BCUT2D eigenvalue weighted by Gasteiger charge is 2.40. The molecule has 2 atom stereocenters. The maximum absolute atomic E-state index is 14.7. The number of nitrogens with two attached hydrogens (primary N) is 1. The Morgan fingerprint density at radius 2 is 1.87 bits per heavy atom. The van der Waals surface area contributed by atoms with Crippen LogP contribution in [-0.2, 0) is 16.1 Å². The van der Waals surface area contributed by atoms with Gasteiger partial charge in [-0.15, -0.1) is 0 Å². The third-order valence-corrected chi connectivity index (χ3v) is 7.82. The van der Waals surface area contributed by atoms with Gasteiger partial charge in [-0.05, 0) is 42.0 Å². The molecule has 1 aliphatic heterocycles. The summed E-state index contributed by atoms with van der Waals surface area (Å²) in [6.45, 7) is -0.588. The van der Waals surface area contributed by atoms with E-state index in [4.69, 9.17) is 5.73 Å². The highest BCUT2D eigenvalue weighted by molar-refractivity contribution is 6.05. The minimum absolute atomic E-state index is 0.0158. The van der Waals surface area contributed by atoms with Crippen LogP contribution in [0.3, 0.4) is 0 Å². The van der Waals surface area contributed by atoms with Crippen molar-refractivity contribution in [2.75, 3.05) is 11.9 Å². The van der Waals surface area contributed by atoms with Crippen LogP contribution in [0.5, 0.6) is 0 Å². The van der Waals surface area contributed by atoms with Gasteiger partial charge in [0.25, 0.3) is 5.91 Å². The van der Waals surface area contributed by atoms with Crippen molar-refractivity contribution in [2.24, 2.45) is 5.73 Å². The average molecular weight is 605 g/mol. The molecule has 3 amide bonds. The van der Waals surface area contributed by atoms with Crippen LogP contribution in [0.15, 0.2) is 79.6 Å². The van der Waals surface area contributed by atoms with E-state index in [1.807, 2.05) is 18.3 Å². The minimum atomic E-state index is -1.39. The Hall–Kier alpha value is -6.05. The molecule has 1 fully saturated rings. The summed E-state index contributed by atoms with van der Waals surface area (Å²) in [5, 5.41) is 16.1. The molecule has 0 radical (unpaired) electrons. The molecule has 7 rings (SSSR count). The van der Waals surface area contributed by atoms with E-state index >= 15 is 0 Å². The predicted molar refractivity (Wildman–Crippen MR) is 162 cm³/mol. The normalized spacial score (nSPS) is 16.3. The second-order valence-corrected chi connectivity index (χ2v) is 10.7. The number of aromatic amines is 1. The van der Waals surface area contributed by atoms with Crippen LogP contribution in [0.25, 0.3) is 44.2 Å². The van der Waals surface area contributed by atoms with Gasteiger partial charge in [0.05, 0.1) is 42.0 Å². The van der Waals surface area contributed by atoms with Gasteiger partial charge in [0.1, 0.15) is 18.8 Å². The molecule has 1 aliphatic rings. The quantitative estimate of drug-likeness (QED) is 0.249. The molecule has 0 aliphatic carbocycles. The summed E-state index contributed by atoms with van der Waals surface area (Å²) in [6.07, 6.45) is 8.18. The number of nitrogens with one attached hydrogen (secondary N) is 2. The molecule has 224 valence electrons. The number of pyridine rings is 2. The van der Waals surface area contributed by atoms with Crippen LogP contribution >= 0.6 is 0 Å². The minimum Gasteiger partial charge on any atom is -0.364 e. The van der Waals surface area contributed by atoms with Gasteiger partial charge >= 0.3 is 0 Å². The van der Waals surface area contributed by atoms with Crippen molar-refractivity contribution in [3.8, 4) is 22.4 Å². The molecule has 0 spiro atoms. The summed E-state index contributed by atoms with van der Waals surface area (Å²) in [5.41, 5.74) is 10.2. The number of likely N-dealkylation sites (tertiary alicyclic amines) is 1. The molecule has 0 saturated carbocycles. The predicted octanol–water partition coefficient (Wildman–Crippen LogP) is 3.11. The smallest absolute Gasteiger partial charge is 0.269 e. The van der Waals surface area contributed by atoms with E-state index in [1.165, 1.54) is 15.8 Å². The zero-order chi connectivity index (χ0) is 31.1. The lowest BCUT2D eigenvalue weighted by atomic mass is 10.0. The molecule has 1 aromatic carbocycles. The van der Waals surface area contributed by atoms with Crippen LogP contribution < -0.4 is 11.1 Å². The number of nitrogens with zero attached hydrogens (tertiary/aromatic N) is 7. The van der Waals surface area contributed by atoms with E-state index in [0.29, 0.717) is 27.8 Å². The molecule has 4 N–H and O–H groups in total. The molecule has 1 saturated heterocycles. The Labute approximate surface area is 254 Å². The molecule has 5 aromatic heterocycles. The molecule has 2 unspecified atom stereocenters. The van der Waals surface area contributed by atoms with Gasteiger partial charge in [-0.3, -0.25) is 29.0 Å². The topological polar surface area (TPSA) is 178 Å². The first-order valence-electron chi connectivity index (χ1n) is 14.0. The SMILES string of the molecule is NC(=O)c1nn(CC(=O)N2CC(F)CC2C(=O)Nc2cncc(-c3nccc4[nH]ccc34)c2)c2ccc(-c3ccnnc3)cc12. The number of halogens is 1. The standard InChI is InChI=1S/C31H25FN10O3/c32-20-11-26(31(45)39-21-9-19(12-34-14-21)28-22-4-6-35-24(22)5-7-36-28)41(15-20)27(43)16-42-25-2-1-17(18-3-8-37-38-13-18)10-23(25)29(40-42)30(33)44/h1-10,12-14,20,26,35H,11,15-16H2,(H2,33,44)(H,39,45). The van der Waals surface area contributed by atoms with Gasteiger partial charge in [-0.25, -0.2) is 4.39 Å². The van der Waals surface area contributed by atoms with Gasteiger partial charge in [0, 0.05) is 52.4 Å². The maximum atomic E-state index is 14.7. The lowest BCUT2D eigenvalue weighted by Gasteiger charge is -2.23. The molecule has 13 nitrogen and oxygen atoms in total. The first kappa shape index (κ1) is 27.8. The largest absolute Gasteiger partial charge is 0.364 e. The summed E-state index contributed by atoms with van der Waals surface area (Å²) >= 11 is 0. The summed E-state index contributed by atoms with van der Waals surface area (Å²) in [4.78, 5) is 52.3. The second-order valence-electron chi connectivity index (χ2n) is 10.7. The summed E-state index contributed by atoms with van der Waals surface area (Å²) in [6, 6.07) is 11.4. The van der Waals surface area contributed by atoms with E-state index in [-0.39, 0.29) is 25.2 Å². The van der Waals surface area contributed by atoms with Crippen LogP contribution in [0.2, 0.25) is 0 Å². The number of alkyl halides is 1. The number of H-pyrrole nitrogens is 1. The van der Waals surface area contributed by atoms with Crippen molar-refractivity contribution < 1.29 is 18.8 Å². The van der Waals surface area contributed by atoms with Crippen molar-refractivity contribution in [3.63, 3.8) is 0 Å². The lowest BCUT2D eigenvalue weighted by molar-refractivity contribution is -0.137. The number of anilines is 1. The number of rotatable bonds is 7. The molecule has 14 heteroatoms. The number of benzene rings is 1. The number of amides is 3. The van der Waals surface area contributed by atoms with Crippen molar-refractivity contribution in [1.82, 2.24) is 39.8 Å². The third-order valence-electron chi connectivity index (χ3n) is 7.82. The Kier molecular flexibility index (Phi) is 6.92. The van der Waals surface area contributed by atoms with Gasteiger partial charge in [-0.1, -0.05) is 6.07 Å². The number of carbonyl (C=O) groups is 3. The van der Waals surface area contributed by atoms with E-state index in [0.717, 1.165) is 22.0 Å². The van der Waals surface area contributed by atoms with Crippen LogP contribution in [-0.4, -0.2) is 76.3 Å². The number of aromatic nitrogens is 7. The maximum Gasteiger partial charge on any atom is 0.269 e. The van der Waals surface area contributed by atoms with E-state index in [1.54, 1.807) is 55.1 Å². The highest BCUT2D eigenvalue weighted by Crippen LogP contribution is 2.29. The van der Waals surface area contributed by atoms with Crippen LogP contribution in [0, 0.1) is 0 Å². The number of primary amides is 1.